The van der Waals surface area contributed by atoms with Crippen LogP contribution in [0.3, 0.4) is 0 Å². The summed E-state index contributed by atoms with van der Waals surface area (Å²) < 4.78 is 25.8. The highest BCUT2D eigenvalue weighted by atomic mass is 19.1. The van der Waals surface area contributed by atoms with E-state index in [0.29, 0.717) is 18.0 Å². The SMILES string of the molecule is CC(C)(C)c1cc(CNC(=O)Cc2ccc3c(c2)OCO3)n(-c2ccc(F)cc2)n1. The molecule has 1 aliphatic rings. The molecule has 0 atom stereocenters. The molecular formula is C23H24FN3O3. The van der Waals surface area contributed by atoms with Crippen molar-refractivity contribution < 1.29 is 18.7 Å². The van der Waals surface area contributed by atoms with Gasteiger partial charge in [-0.25, -0.2) is 9.07 Å². The Balaban J connectivity index is 1.50. The second kappa shape index (κ2) is 7.82. The lowest BCUT2D eigenvalue weighted by Crippen LogP contribution is -2.25. The second-order valence-electron chi connectivity index (χ2n) is 8.30. The number of nitrogens with one attached hydrogen (secondary N) is 1. The molecule has 0 fully saturated rings. The zero-order valence-corrected chi connectivity index (χ0v) is 17.2. The number of hydrogen-bond donors (Lipinski definition) is 1. The van der Waals surface area contributed by atoms with Gasteiger partial charge in [0.1, 0.15) is 5.82 Å². The van der Waals surface area contributed by atoms with Gasteiger partial charge in [-0.05, 0) is 48.0 Å². The highest BCUT2D eigenvalue weighted by molar-refractivity contribution is 5.78. The van der Waals surface area contributed by atoms with Crippen LogP contribution in [0.4, 0.5) is 4.39 Å². The molecule has 0 radical (unpaired) electrons. The van der Waals surface area contributed by atoms with E-state index in [4.69, 9.17) is 14.6 Å². The van der Waals surface area contributed by atoms with Crippen LogP contribution in [0.15, 0.2) is 48.5 Å². The topological polar surface area (TPSA) is 65.4 Å². The number of carbonyl (C=O) groups excluding carboxylic acids is 1. The zero-order chi connectivity index (χ0) is 21.3. The molecule has 0 saturated heterocycles. The van der Waals surface area contributed by atoms with Crippen LogP contribution in [0.1, 0.15) is 37.7 Å². The maximum absolute atomic E-state index is 13.3. The van der Waals surface area contributed by atoms with Crippen molar-refractivity contribution >= 4 is 5.91 Å². The average molecular weight is 409 g/mol. The van der Waals surface area contributed by atoms with Crippen LogP contribution in [-0.4, -0.2) is 22.5 Å². The van der Waals surface area contributed by atoms with Gasteiger partial charge in [0, 0.05) is 5.41 Å². The van der Waals surface area contributed by atoms with E-state index < -0.39 is 0 Å². The number of amides is 1. The minimum atomic E-state index is -0.305. The number of aromatic nitrogens is 2. The summed E-state index contributed by atoms with van der Waals surface area (Å²) in [6.45, 7) is 6.74. The van der Waals surface area contributed by atoms with Gasteiger partial charge in [-0.15, -0.1) is 0 Å². The number of benzene rings is 2. The Morgan fingerprint density at radius 2 is 1.83 bits per heavy atom. The summed E-state index contributed by atoms with van der Waals surface area (Å²) in [6.07, 6.45) is 0.230. The summed E-state index contributed by atoms with van der Waals surface area (Å²) in [6, 6.07) is 13.6. The summed E-state index contributed by atoms with van der Waals surface area (Å²) >= 11 is 0. The molecule has 4 rings (SSSR count). The monoisotopic (exact) mass is 409 g/mol. The Labute approximate surface area is 174 Å². The summed E-state index contributed by atoms with van der Waals surface area (Å²) in [5, 5.41) is 7.65. The largest absolute Gasteiger partial charge is 0.454 e. The van der Waals surface area contributed by atoms with Gasteiger partial charge < -0.3 is 14.8 Å². The predicted molar refractivity (Wildman–Crippen MR) is 110 cm³/mol. The molecule has 30 heavy (non-hydrogen) atoms. The molecule has 1 N–H and O–H groups in total. The Kier molecular flexibility index (Phi) is 5.20. The molecule has 7 heteroatoms. The highest BCUT2D eigenvalue weighted by Gasteiger charge is 2.21. The summed E-state index contributed by atoms with van der Waals surface area (Å²) in [7, 11) is 0. The van der Waals surface area contributed by atoms with Crippen molar-refractivity contribution in [1.82, 2.24) is 15.1 Å². The molecule has 1 amide bonds. The van der Waals surface area contributed by atoms with Crippen molar-refractivity contribution in [2.24, 2.45) is 0 Å². The van der Waals surface area contributed by atoms with Crippen molar-refractivity contribution in [2.45, 2.75) is 39.2 Å². The fraction of sp³-hybridized carbons (Fsp3) is 0.304. The lowest BCUT2D eigenvalue weighted by atomic mass is 9.92. The highest BCUT2D eigenvalue weighted by Crippen LogP contribution is 2.32. The second-order valence-corrected chi connectivity index (χ2v) is 8.30. The van der Waals surface area contributed by atoms with Crippen LogP contribution in [0.25, 0.3) is 5.69 Å². The Morgan fingerprint density at radius 3 is 2.57 bits per heavy atom. The first-order valence-corrected chi connectivity index (χ1v) is 9.80. The summed E-state index contributed by atoms with van der Waals surface area (Å²) in [5.74, 6) is 0.931. The Morgan fingerprint density at radius 1 is 1.10 bits per heavy atom. The van der Waals surface area contributed by atoms with Gasteiger partial charge in [-0.2, -0.15) is 5.10 Å². The van der Waals surface area contributed by atoms with Crippen LogP contribution in [0, 0.1) is 5.82 Å². The number of carbonyl (C=O) groups is 1. The molecule has 0 bridgehead atoms. The minimum absolute atomic E-state index is 0.113. The standard InChI is InChI=1S/C23H24FN3O3/c1-23(2,3)21-12-18(27(26-21)17-7-5-16(24)6-8-17)13-25-22(28)11-15-4-9-19-20(10-15)30-14-29-19/h4-10,12H,11,13-14H2,1-3H3,(H,25,28). The molecule has 3 aromatic rings. The van der Waals surface area contributed by atoms with Gasteiger partial charge in [0.05, 0.1) is 30.0 Å². The molecular weight excluding hydrogens is 385 g/mol. The van der Waals surface area contributed by atoms with E-state index in [9.17, 15) is 9.18 Å². The molecule has 2 aromatic carbocycles. The molecule has 0 unspecified atom stereocenters. The van der Waals surface area contributed by atoms with E-state index in [1.165, 1.54) is 12.1 Å². The first kappa shape index (κ1) is 19.9. The average Bonchev–Trinajstić information content (AvgIpc) is 3.33. The van der Waals surface area contributed by atoms with E-state index in [2.05, 4.69) is 26.1 Å². The smallest absolute Gasteiger partial charge is 0.231 e. The molecule has 1 aromatic heterocycles. The van der Waals surface area contributed by atoms with Gasteiger partial charge in [-0.3, -0.25) is 4.79 Å². The molecule has 2 heterocycles. The Hall–Kier alpha value is -3.35. The van der Waals surface area contributed by atoms with Crippen LogP contribution in [0.5, 0.6) is 11.5 Å². The number of halogens is 1. The number of rotatable bonds is 5. The van der Waals surface area contributed by atoms with Gasteiger partial charge >= 0.3 is 0 Å². The fourth-order valence-corrected chi connectivity index (χ4v) is 3.21. The van der Waals surface area contributed by atoms with Crippen molar-refractivity contribution in [1.29, 1.82) is 0 Å². The molecule has 0 saturated carbocycles. The summed E-state index contributed by atoms with van der Waals surface area (Å²) in [4.78, 5) is 12.5. The molecule has 1 aliphatic heterocycles. The van der Waals surface area contributed by atoms with Gasteiger partial charge in [0.15, 0.2) is 11.5 Å². The van der Waals surface area contributed by atoms with Crippen LogP contribution in [-0.2, 0) is 23.2 Å². The van der Waals surface area contributed by atoms with Crippen molar-refractivity contribution in [3.63, 3.8) is 0 Å². The lowest BCUT2D eigenvalue weighted by molar-refractivity contribution is -0.120. The van der Waals surface area contributed by atoms with Crippen molar-refractivity contribution in [3.8, 4) is 17.2 Å². The van der Waals surface area contributed by atoms with E-state index in [0.717, 1.165) is 22.6 Å². The van der Waals surface area contributed by atoms with E-state index in [-0.39, 0.29) is 30.4 Å². The van der Waals surface area contributed by atoms with Gasteiger partial charge in [0.25, 0.3) is 0 Å². The molecule has 0 aliphatic carbocycles. The normalized spacial score (nSPS) is 12.8. The number of fused-ring (bicyclic) bond motifs is 1. The zero-order valence-electron chi connectivity index (χ0n) is 17.2. The van der Waals surface area contributed by atoms with E-state index in [1.807, 2.05) is 24.3 Å². The lowest BCUT2D eigenvalue weighted by Gasteiger charge is -2.14. The first-order chi connectivity index (χ1) is 14.3. The van der Waals surface area contributed by atoms with Crippen molar-refractivity contribution in [2.75, 3.05) is 6.79 Å². The van der Waals surface area contributed by atoms with Gasteiger partial charge in [0.2, 0.25) is 12.7 Å². The van der Waals surface area contributed by atoms with Crippen LogP contribution < -0.4 is 14.8 Å². The third-order valence-electron chi connectivity index (χ3n) is 4.89. The molecule has 0 spiro atoms. The predicted octanol–water partition coefficient (Wildman–Crippen LogP) is 3.90. The number of hydrogen-bond acceptors (Lipinski definition) is 4. The summed E-state index contributed by atoms with van der Waals surface area (Å²) in [5.41, 5.74) is 3.15. The number of nitrogens with zero attached hydrogens (tertiary/aromatic N) is 2. The number of ether oxygens (including phenoxy) is 2. The van der Waals surface area contributed by atoms with Crippen LogP contribution in [0.2, 0.25) is 0 Å². The third kappa shape index (κ3) is 4.30. The Bertz CT molecular complexity index is 1070. The van der Waals surface area contributed by atoms with E-state index >= 15 is 0 Å². The molecule has 156 valence electrons. The fourth-order valence-electron chi connectivity index (χ4n) is 3.21. The quantitative estimate of drug-likeness (QED) is 0.694. The first-order valence-electron chi connectivity index (χ1n) is 9.80. The maximum Gasteiger partial charge on any atom is 0.231 e. The third-order valence-corrected chi connectivity index (χ3v) is 4.89. The maximum atomic E-state index is 13.3. The van der Waals surface area contributed by atoms with Crippen LogP contribution >= 0.6 is 0 Å². The van der Waals surface area contributed by atoms with Crippen molar-refractivity contribution in [3.05, 3.63) is 71.3 Å². The molecule has 6 nitrogen and oxygen atoms in total. The van der Waals surface area contributed by atoms with E-state index in [1.54, 1.807) is 16.8 Å². The van der Waals surface area contributed by atoms with Gasteiger partial charge in [-0.1, -0.05) is 26.8 Å². The minimum Gasteiger partial charge on any atom is -0.454 e.